The van der Waals surface area contributed by atoms with Crippen LogP contribution in [0.15, 0.2) is 36.5 Å². The van der Waals surface area contributed by atoms with E-state index in [0.29, 0.717) is 23.0 Å². The third kappa shape index (κ3) is 3.23. The lowest BCUT2D eigenvalue weighted by molar-refractivity contribution is -0.0494. The predicted octanol–water partition coefficient (Wildman–Crippen LogP) is 4.08. The Morgan fingerprint density at radius 3 is 2.62 bits per heavy atom. The van der Waals surface area contributed by atoms with Gasteiger partial charge in [0.05, 0.1) is 17.2 Å². The number of hydrogen-bond acceptors (Lipinski definition) is 4. The van der Waals surface area contributed by atoms with Gasteiger partial charge in [-0.1, -0.05) is 0 Å². The Hall–Kier alpha value is -3.01. The Morgan fingerprint density at radius 2 is 1.93 bits per heavy atom. The van der Waals surface area contributed by atoms with Crippen LogP contribution >= 0.6 is 0 Å². The molecule has 1 aromatic heterocycles. The van der Waals surface area contributed by atoms with Crippen molar-refractivity contribution in [1.82, 2.24) is 9.88 Å². The van der Waals surface area contributed by atoms with Crippen molar-refractivity contribution >= 4 is 17.4 Å². The second kappa shape index (κ2) is 6.51. The molecular formula is C22H20F2N4O. The molecule has 2 unspecified atom stereocenters. The molecule has 7 heteroatoms. The fraction of sp³-hybridized carbons (Fsp3) is 0.409. The van der Waals surface area contributed by atoms with Crippen LogP contribution in [-0.2, 0) is 0 Å². The molecule has 0 bridgehead atoms. The smallest absolute Gasteiger partial charge is 0.255 e. The van der Waals surface area contributed by atoms with E-state index in [0.717, 1.165) is 30.0 Å². The first kappa shape index (κ1) is 18.0. The summed E-state index contributed by atoms with van der Waals surface area (Å²) < 4.78 is 26.8. The molecule has 3 heterocycles. The van der Waals surface area contributed by atoms with Gasteiger partial charge < -0.3 is 9.80 Å². The Bertz CT molecular complexity index is 1000. The van der Waals surface area contributed by atoms with Crippen LogP contribution < -0.4 is 4.90 Å². The number of hydrogen-bond donors (Lipinski definition) is 0. The minimum Gasteiger partial charge on any atom is -0.338 e. The molecule has 5 rings (SSSR count). The Kier molecular flexibility index (Phi) is 4.05. The molecule has 1 amide bonds. The summed E-state index contributed by atoms with van der Waals surface area (Å²) in [5.41, 5.74) is 3.11. The van der Waals surface area contributed by atoms with Crippen LogP contribution in [0.3, 0.4) is 0 Å². The van der Waals surface area contributed by atoms with Gasteiger partial charge in [-0.05, 0) is 54.2 Å². The van der Waals surface area contributed by atoms with Gasteiger partial charge in [0.25, 0.3) is 11.8 Å². The van der Waals surface area contributed by atoms with Gasteiger partial charge in [-0.3, -0.25) is 4.79 Å². The normalized spacial score (nSPS) is 24.3. The highest BCUT2D eigenvalue weighted by atomic mass is 19.3. The first-order valence-electron chi connectivity index (χ1n) is 9.90. The van der Waals surface area contributed by atoms with E-state index < -0.39 is 5.92 Å². The fourth-order valence-corrected chi connectivity index (χ4v) is 4.40. The zero-order chi connectivity index (χ0) is 20.2. The number of pyridine rings is 1. The predicted molar refractivity (Wildman–Crippen MR) is 103 cm³/mol. The number of rotatable bonds is 2. The molecule has 0 N–H and O–H groups in total. The third-order valence-corrected chi connectivity index (χ3v) is 6.23. The molecule has 29 heavy (non-hydrogen) atoms. The number of anilines is 2. The molecule has 1 aromatic carbocycles. The topological polar surface area (TPSA) is 60.2 Å². The summed E-state index contributed by atoms with van der Waals surface area (Å²) in [7, 11) is 0. The lowest BCUT2D eigenvalue weighted by Crippen LogP contribution is -2.42. The Labute approximate surface area is 167 Å². The minimum atomic E-state index is -2.67. The number of fused-ring (bicyclic) bond motifs is 3. The van der Waals surface area contributed by atoms with Crippen molar-refractivity contribution < 1.29 is 13.6 Å². The highest BCUT2D eigenvalue weighted by Gasteiger charge is 2.46. The number of halogens is 2. The summed E-state index contributed by atoms with van der Waals surface area (Å²) in [6.45, 7) is 1.02. The van der Waals surface area contributed by atoms with E-state index in [1.165, 1.54) is 4.90 Å². The van der Waals surface area contributed by atoms with Crippen LogP contribution in [0.1, 0.15) is 46.7 Å². The van der Waals surface area contributed by atoms with Gasteiger partial charge in [0.2, 0.25) is 0 Å². The third-order valence-electron chi connectivity index (χ3n) is 6.23. The van der Waals surface area contributed by atoms with Crippen LogP contribution in [0.25, 0.3) is 0 Å². The number of aromatic nitrogens is 1. The van der Waals surface area contributed by atoms with Crippen molar-refractivity contribution in [2.24, 2.45) is 5.92 Å². The molecule has 148 valence electrons. The SMILES string of the molecule is N#Cc1ccc(N2CC3CC3c3cc(C(=O)N4CCC(F)(F)CC4)cnc32)cc1. The van der Waals surface area contributed by atoms with Crippen LogP contribution in [0.5, 0.6) is 0 Å². The number of nitrogens with zero attached hydrogens (tertiary/aromatic N) is 4. The minimum absolute atomic E-state index is 0.0757. The van der Waals surface area contributed by atoms with E-state index in [1.807, 2.05) is 18.2 Å². The number of amides is 1. The summed E-state index contributed by atoms with van der Waals surface area (Å²) >= 11 is 0. The molecule has 2 fully saturated rings. The lowest BCUT2D eigenvalue weighted by atomic mass is 10.0. The number of likely N-dealkylation sites (tertiary alicyclic amines) is 1. The molecule has 1 saturated carbocycles. The number of piperidine rings is 1. The fourth-order valence-electron chi connectivity index (χ4n) is 4.40. The maximum absolute atomic E-state index is 13.4. The van der Waals surface area contributed by atoms with Crippen molar-refractivity contribution in [3.8, 4) is 6.07 Å². The van der Waals surface area contributed by atoms with Gasteiger partial charge in [-0.25, -0.2) is 13.8 Å². The number of nitriles is 1. The molecule has 1 saturated heterocycles. The number of benzene rings is 1. The summed E-state index contributed by atoms with van der Waals surface area (Å²) in [6.07, 6.45) is 2.06. The van der Waals surface area contributed by atoms with E-state index in [1.54, 1.807) is 18.3 Å². The van der Waals surface area contributed by atoms with E-state index >= 15 is 0 Å². The molecular weight excluding hydrogens is 374 g/mol. The van der Waals surface area contributed by atoms with Crippen molar-refractivity contribution in [3.05, 3.63) is 53.2 Å². The number of carbonyl (C=O) groups excluding carboxylic acids is 1. The average molecular weight is 394 g/mol. The van der Waals surface area contributed by atoms with Gasteiger partial charge in [0.15, 0.2) is 0 Å². The lowest BCUT2D eigenvalue weighted by Gasteiger charge is -2.33. The summed E-state index contributed by atoms with van der Waals surface area (Å²) in [5.74, 6) is -1.11. The van der Waals surface area contributed by atoms with Crippen LogP contribution in [-0.4, -0.2) is 41.3 Å². The molecule has 2 aliphatic heterocycles. The molecule has 0 spiro atoms. The highest BCUT2D eigenvalue weighted by Crippen LogP contribution is 2.55. The number of carbonyl (C=O) groups is 1. The summed E-state index contributed by atoms with van der Waals surface area (Å²) in [4.78, 5) is 21.1. The van der Waals surface area contributed by atoms with E-state index in [-0.39, 0.29) is 31.8 Å². The van der Waals surface area contributed by atoms with E-state index in [9.17, 15) is 13.6 Å². The van der Waals surface area contributed by atoms with Crippen molar-refractivity contribution in [2.75, 3.05) is 24.5 Å². The quantitative estimate of drug-likeness (QED) is 0.770. The molecule has 3 aliphatic rings. The van der Waals surface area contributed by atoms with Crippen LogP contribution in [0, 0.1) is 17.2 Å². The molecule has 2 aromatic rings. The van der Waals surface area contributed by atoms with Gasteiger partial charge in [0.1, 0.15) is 5.82 Å². The maximum atomic E-state index is 13.4. The first-order valence-corrected chi connectivity index (χ1v) is 9.90. The maximum Gasteiger partial charge on any atom is 0.255 e. The number of alkyl halides is 2. The highest BCUT2D eigenvalue weighted by molar-refractivity contribution is 5.94. The molecule has 2 atom stereocenters. The van der Waals surface area contributed by atoms with Crippen molar-refractivity contribution in [1.29, 1.82) is 5.26 Å². The summed E-state index contributed by atoms with van der Waals surface area (Å²) in [5, 5.41) is 9.01. The van der Waals surface area contributed by atoms with Gasteiger partial charge >= 0.3 is 0 Å². The first-order chi connectivity index (χ1) is 13.9. The largest absolute Gasteiger partial charge is 0.338 e. The zero-order valence-electron chi connectivity index (χ0n) is 15.8. The van der Waals surface area contributed by atoms with Crippen molar-refractivity contribution in [3.63, 3.8) is 0 Å². The molecule has 1 aliphatic carbocycles. The van der Waals surface area contributed by atoms with Crippen molar-refractivity contribution in [2.45, 2.75) is 31.1 Å². The van der Waals surface area contributed by atoms with Gasteiger partial charge in [-0.15, -0.1) is 0 Å². The zero-order valence-corrected chi connectivity index (χ0v) is 15.8. The van der Waals surface area contributed by atoms with Gasteiger partial charge in [0, 0.05) is 44.4 Å². The second-order valence-corrected chi connectivity index (χ2v) is 8.16. The average Bonchev–Trinajstić information content (AvgIpc) is 3.52. The van der Waals surface area contributed by atoms with E-state index in [4.69, 9.17) is 5.26 Å². The summed E-state index contributed by atoms with van der Waals surface area (Å²) in [6, 6.07) is 11.4. The van der Waals surface area contributed by atoms with Crippen LogP contribution in [0.4, 0.5) is 20.3 Å². The molecule has 5 nitrogen and oxygen atoms in total. The standard InChI is InChI=1S/C22H20F2N4O/c23-22(24)5-7-27(8-6-22)21(29)15-9-19-18-10-16(18)13-28(20(19)26-12-15)17-3-1-14(11-25)2-4-17/h1-4,9,12,16,18H,5-8,10,13H2. The van der Waals surface area contributed by atoms with Crippen LogP contribution in [0.2, 0.25) is 0 Å². The Balaban J connectivity index is 1.42. The van der Waals surface area contributed by atoms with E-state index in [2.05, 4.69) is 16.0 Å². The monoisotopic (exact) mass is 394 g/mol. The molecule has 0 radical (unpaired) electrons. The second-order valence-electron chi connectivity index (χ2n) is 8.16. The Morgan fingerprint density at radius 1 is 1.21 bits per heavy atom. The van der Waals surface area contributed by atoms with Gasteiger partial charge in [-0.2, -0.15) is 5.26 Å².